The molecule has 31 heavy (non-hydrogen) atoms. The van der Waals surface area contributed by atoms with E-state index in [1.54, 1.807) is 37.3 Å². The van der Waals surface area contributed by atoms with E-state index in [1.165, 1.54) is 18.3 Å². The first-order valence-electron chi connectivity index (χ1n) is 9.32. The van der Waals surface area contributed by atoms with Crippen LogP contribution in [0.2, 0.25) is 0 Å². The average molecular weight is 423 g/mol. The van der Waals surface area contributed by atoms with Crippen LogP contribution in [0.15, 0.2) is 61.1 Å². The van der Waals surface area contributed by atoms with Gasteiger partial charge in [-0.05, 0) is 37.3 Å². The molecule has 2 heterocycles. The number of amides is 1. The van der Waals surface area contributed by atoms with Crippen LogP contribution in [0.25, 0.3) is 10.9 Å². The summed E-state index contributed by atoms with van der Waals surface area (Å²) >= 11 is 0. The Bertz CT molecular complexity index is 1270. The van der Waals surface area contributed by atoms with Gasteiger partial charge in [0.05, 0.1) is 17.9 Å². The van der Waals surface area contributed by atoms with Gasteiger partial charge in [-0.3, -0.25) is 14.8 Å². The Morgan fingerprint density at radius 2 is 1.81 bits per heavy atom. The van der Waals surface area contributed by atoms with Gasteiger partial charge < -0.3 is 10.1 Å². The van der Waals surface area contributed by atoms with Gasteiger partial charge in [-0.1, -0.05) is 6.07 Å². The number of aromatic nitrogens is 2. The van der Waals surface area contributed by atoms with Crippen molar-refractivity contribution in [2.45, 2.75) is 13.5 Å². The van der Waals surface area contributed by atoms with E-state index in [-0.39, 0.29) is 17.7 Å². The molecular formula is C23H16F3N3O2. The maximum atomic E-state index is 13.7. The van der Waals surface area contributed by atoms with Crippen LogP contribution in [0, 0.1) is 24.4 Å². The Hall–Kier alpha value is -3.94. The Balaban J connectivity index is 1.58. The van der Waals surface area contributed by atoms with E-state index in [9.17, 15) is 18.0 Å². The first kappa shape index (κ1) is 20.3. The van der Waals surface area contributed by atoms with Crippen LogP contribution in [0.3, 0.4) is 0 Å². The Labute approximate surface area is 175 Å². The number of nitrogens with one attached hydrogen (secondary N) is 1. The van der Waals surface area contributed by atoms with Gasteiger partial charge >= 0.3 is 0 Å². The summed E-state index contributed by atoms with van der Waals surface area (Å²) in [6.45, 7) is 1.37. The molecule has 1 amide bonds. The minimum Gasteiger partial charge on any atom is -0.456 e. The minimum absolute atomic E-state index is 0.274. The van der Waals surface area contributed by atoms with E-state index < -0.39 is 23.4 Å². The van der Waals surface area contributed by atoms with Crippen molar-refractivity contribution in [2.24, 2.45) is 0 Å². The van der Waals surface area contributed by atoms with Crippen molar-refractivity contribution < 1.29 is 22.7 Å². The predicted molar refractivity (Wildman–Crippen MR) is 108 cm³/mol. The summed E-state index contributed by atoms with van der Waals surface area (Å²) in [5.41, 5.74) is 0.980. The summed E-state index contributed by atoms with van der Waals surface area (Å²) < 4.78 is 46.9. The van der Waals surface area contributed by atoms with Crippen LogP contribution < -0.4 is 10.1 Å². The molecule has 0 aliphatic rings. The summed E-state index contributed by atoms with van der Waals surface area (Å²) in [7, 11) is 0. The number of halogens is 3. The van der Waals surface area contributed by atoms with Crippen molar-refractivity contribution in [1.29, 1.82) is 0 Å². The fourth-order valence-electron chi connectivity index (χ4n) is 3.14. The smallest absolute Gasteiger partial charge is 0.251 e. The molecule has 0 spiro atoms. The fraction of sp³-hybridized carbons (Fsp3) is 0.0870. The van der Waals surface area contributed by atoms with Gasteiger partial charge in [0.2, 0.25) is 0 Å². The van der Waals surface area contributed by atoms with Gasteiger partial charge in [-0.2, -0.15) is 0 Å². The number of hydrogen-bond donors (Lipinski definition) is 1. The lowest BCUT2D eigenvalue weighted by molar-refractivity contribution is 0.0949. The van der Waals surface area contributed by atoms with E-state index in [2.05, 4.69) is 15.3 Å². The molecule has 0 unspecified atom stereocenters. The number of hydrogen-bond acceptors (Lipinski definition) is 4. The maximum absolute atomic E-state index is 13.7. The molecule has 2 aromatic carbocycles. The lowest BCUT2D eigenvalue weighted by Gasteiger charge is -2.14. The van der Waals surface area contributed by atoms with Gasteiger partial charge in [0.25, 0.3) is 5.91 Å². The Kier molecular flexibility index (Phi) is 5.53. The summed E-state index contributed by atoms with van der Waals surface area (Å²) in [5, 5.41) is 3.12. The number of pyridine rings is 2. The first-order valence-corrected chi connectivity index (χ1v) is 9.32. The highest BCUT2D eigenvalue weighted by Crippen LogP contribution is 2.32. The van der Waals surface area contributed by atoms with Crippen LogP contribution in [0.4, 0.5) is 13.2 Å². The molecule has 156 valence electrons. The molecule has 0 saturated carbocycles. The molecule has 0 aliphatic carbocycles. The standard InChI is InChI=1S/C23H16F3N3O2/c1-13-15(23(30)29-10-17-18(25)11-27-12-19(17)26)3-2-4-21(13)31-22-7-8-28-20-9-14(24)5-6-16(20)22/h2-9,11-12H,10H2,1H3,(H,29,30). The molecule has 2 aromatic heterocycles. The normalized spacial score (nSPS) is 10.8. The van der Waals surface area contributed by atoms with Crippen molar-refractivity contribution in [2.75, 3.05) is 0 Å². The SMILES string of the molecule is Cc1c(Oc2ccnc3cc(F)ccc23)cccc1C(=O)NCc1c(F)cncc1F. The highest BCUT2D eigenvalue weighted by atomic mass is 19.1. The van der Waals surface area contributed by atoms with Gasteiger partial charge in [0.15, 0.2) is 0 Å². The predicted octanol–water partition coefficient (Wildman–Crippen LogP) is 5.08. The van der Waals surface area contributed by atoms with Crippen LogP contribution in [-0.2, 0) is 6.54 Å². The zero-order valence-corrected chi connectivity index (χ0v) is 16.3. The number of fused-ring (bicyclic) bond motifs is 1. The average Bonchev–Trinajstić information content (AvgIpc) is 2.74. The Morgan fingerprint density at radius 3 is 2.58 bits per heavy atom. The van der Waals surface area contributed by atoms with E-state index >= 15 is 0 Å². The molecule has 5 nitrogen and oxygen atoms in total. The van der Waals surface area contributed by atoms with Crippen LogP contribution in [0.1, 0.15) is 21.5 Å². The third-order valence-corrected chi connectivity index (χ3v) is 4.79. The number of ether oxygens (including phenoxy) is 1. The highest BCUT2D eigenvalue weighted by Gasteiger charge is 2.16. The highest BCUT2D eigenvalue weighted by molar-refractivity contribution is 5.96. The third kappa shape index (κ3) is 4.18. The second-order valence-corrected chi connectivity index (χ2v) is 6.77. The molecule has 4 aromatic rings. The summed E-state index contributed by atoms with van der Waals surface area (Å²) in [4.78, 5) is 20.2. The lowest BCUT2D eigenvalue weighted by Crippen LogP contribution is -2.25. The topological polar surface area (TPSA) is 64.1 Å². The van der Waals surface area contributed by atoms with Crippen molar-refractivity contribution in [3.63, 3.8) is 0 Å². The summed E-state index contributed by atoms with van der Waals surface area (Å²) in [5.74, 6) is -1.74. The molecule has 1 N–H and O–H groups in total. The van der Waals surface area contributed by atoms with E-state index in [4.69, 9.17) is 4.74 Å². The molecule has 4 rings (SSSR count). The quantitative estimate of drug-likeness (QED) is 0.486. The molecule has 0 atom stereocenters. The van der Waals surface area contributed by atoms with E-state index in [1.807, 2.05) is 0 Å². The number of nitrogens with zero attached hydrogens (tertiary/aromatic N) is 2. The van der Waals surface area contributed by atoms with Gasteiger partial charge in [0, 0.05) is 40.9 Å². The largest absolute Gasteiger partial charge is 0.456 e. The van der Waals surface area contributed by atoms with Crippen molar-refractivity contribution in [1.82, 2.24) is 15.3 Å². The van der Waals surface area contributed by atoms with Crippen molar-refractivity contribution in [3.8, 4) is 11.5 Å². The summed E-state index contributed by atoms with van der Waals surface area (Å²) in [6, 6.07) is 10.7. The van der Waals surface area contributed by atoms with Crippen LogP contribution >= 0.6 is 0 Å². The van der Waals surface area contributed by atoms with E-state index in [0.29, 0.717) is 28.0 Å². The van der Waals surface area contributed by atoms with Crippen LogP contribution in [0.5, 0.6) is 11.5 Å². The molecule has 0 saturated heterocycles. The molecule has 0 radical (unpaired) electrons. The van der Waals surface area contributed by atoms with Gasteiger partial charge in [-0.15, -0.1) is 0 Å². The zero-order chi connectivity index (χ0) is 22.0. The third-order valence-electron chi connectivity index (χ3n) is 4.79. The fourth-order valence-corrected chi connectivity index (χ4v) is 3.14. The van der Waals surface area contributed by atoms with Crippen LogP contribution in [-0.4, -0.2) is 15.9 Å². The van der Waals surface area contributed by atoms with Gasteiger partial charge in [-0.25, -0.2) is 13.2 Å². The summed E-state index contributed by atoms with van der Waals surface area (Å²) in [6.07, 6.45) is 3.27. The number of carbonyl (C=O) groups excluding carboxylic acids is 1. The molecule has 8 heteroatoms. The molecule has 0 fully saturated rings. The van der Waals surface area contributed by atoms with Crippen molar-refractivity contribution >= 4 is 16.8 Å². The number of carbonyl (C=O) groups is 1. The zero-order valence-electron chi connectivity index (χ0n) is 16.3. The molecule has 0 bridgehead atoms. The second-order valence-electron chi connectivity index (χ2n) is 6.77. The number of rotatable bonds is 5. The monoisotopic (exact) mass is 423 g/mol. The molecular weight excluding hydrogens is 407 g/mol. The minimum atomic E-state index is -0.838. The Morgan fingerprint density at radius 1 is 1.03 bits per heavy atom. The number of benzene rings is 2. The van der Waals surface area contributed by atoms with Gasteiger partial charge in [0.1, 0.15) is 29.0 Å². The second kappa shape index (κ2) is 8.43. The lowest BCUT2D eigenvalue weighted by atomic mass is 10.1. The first-order chi connectivity index (χ1) is 14.9. The van der Waals surface area contributed by atoms with E-state index in [0.717, 1.165) is 12.4 Å². The maximum Gasteiger partial charge on any atom is 0.251 e. The van der Waals surface area contributed by atoms with Crippen molar-refractivity contribution in [3.05, 3.63) is 95.2 Å². The molecule has 0 aliphatic heterocycles.